The quantitative estimate of drug-likeness (QED) is 0.383. The van der Waals surface area contributed by atoms with E-state index >= 15 is 0 Å². The van der Waals surface area contributed by atoms with E-state index in [1.54, 1.807) is 0 Å². The maximum atomic E-state index is 4.46. The molecule has 2 N–H and O–H groups in total. The molecule has 1 saturated heterocycles. The zero-order chi connectivity index (χ0) is 17.0. The predicted molar refractivity (Wildman–Crippen MR) is 114 cm³/mol. The number of hydrogen-bond acceptors (Lipinski definition) is 3. The normalized spacial score (nSPS) is 27.6. The SMILES string of the molecule is CN=C(NCC1(N(C)C)CCCC1)NC1CN(C(C)C)CC1C.I. The van der Waals surface area contributed by atoms with Crippen LogP contribution in [0.4, 0.5) is 0 Å². The van der Waals surface area contributed by atoms with E-state index in [1.807, 2.05) is 7.05 Å². The Morgan fingerprint density at radius 1 is 1.25 bits per heavy atom. The molecule has 0 amide bonds. The van der Waals surface area contributed by atoms with Gasteiger partial charge in [0, 0.05) is 44.3 Å². The Bertz CT molecular complexity index is 404. The zero-order valence-electron chi connectivity index (χ0n) is 16.4. The first-order chi connectivity index (χ1) is 10.9. The molecular formula is C18H38IN5. The molecule has 2 fully saturated rings. The van der Waals surface area contributed by atoms with Crippen molar-refractivity contribution in [2.24, 2.45) is 10.9 Å². The minimum absolute atomic E-state index is 0. The van der Waals surface area contributed by atoms with Gasteiger partial charge in [0.1, 0.15) is 0 Å². The Balaban J connectivity index is 0.00000288. The summed E-state index contributed by atoms with van der Waals surface area (Å²) in [7, 11) is 6.30. The van der Waals surface area contributed by atoms with Gasteiger partial charge < -0.3 is 15.5 Å². The Morgan fingerprint density at radius 2 is 1.88 bits per heavy atom. The zero-order valence-corrected chi connectivity index (χ0v) is 18.8. The van der Waals surface area contributed by atoms with E-state index in [1.165, 1.54) is 32.2 Å². The molecule has 6 heteroatoms. The van der Waals surface area contributed by atoms with Crippen LogP contribution < -0.4 is 10.6 Å². The number of nitrogens with one attached hydrogen (secondary N) is 2. The van der Waals surface area contributed by atoms with Gasteiger partial charge in [0.2, 0.25) is 0 Å². The maximum absolute atomic E-state index is 4.46. The van der Waals surface area contributed by atoms with Crippen molar-refractivity contribution in [3.05, 3.63) is 0 Å². The highest BCUT2D eigenvalue weighted by Gasteiger charge is 2.36. The van der Waals surface area contributed by atoms with Crippen LogP contribution in [0.15, 0.2) is 4.99 Å². The first-order valence-corrected chi connectivity index (χ1v) is 9.26. The lowest BCUT2D eigenvalue weighted by Crippen LogP contribution is -2.54. The average Bonchev–Trinajstić information content (AvgIpc) is 3.11. The number of guanidine groups is 1. The van der Waals surface area contributed by atoms with Crippen LogP contribution in [0.25, 0.3) is 0 Å². The fourth-order valence-corrected chi connectivity index (χ4v) is 4.05. The Kier molecular flexibility index (Phi) is 8.76. The number of aliphatic imine (C=N–C) groups is 1. The maximum Gasteiger partial charge on any atom is 0.191 e. The summed E-state index contributed by atoms with van der Waals surface area (Å²) >= 11 is 0. The molecule has 142 valence electrons. The van der Waals surface area contributed by atoms with Gasteiger partial charge in [-0.1, -0.05) is 19.8 Å². The van der Waals surface area contributed by atoms with E-state index in [0.717, 1.165) is 19.0 Å². The second-order valence-electron chi connectivity index (χ2n) is 8.03. The van der Waals surface area contributed by atoms with Crippen LogP contribution in [-0.4, -0.2) is 74.2 Å². The molecular weight excluding hydrogens is 413 g/mol. The number of rotatable bonds is 5. The Hall–Kier alpha value is -0.0800. The third kappa shape index (κ3) is 5.21. The van der Waals surface area contributed by atoms with E-state index in [0.29, 0.717) is 23.5 Å². The van der Waals surface area contributed by atoms with E-state index in [-0.39, 0.29) is 24.0 Å². The highest BCUT2D eigenvalue weighted by molar-refractivity contribution is 14.0. The number of likely N-dealkylation sites (N-methyl/N-ethyl adjacent to an activating group) is 1. The molecule has 2 aliphatic rings. The first-order valence-electron chi connectivity index (χ1n) is 9.26. The number of nitrogens with zero attached hydrogens (tertiary/aromatic N) is 3. The molecule has 0 bridgehead atoms. The van der Waals surface area contributed by atoms with Gasteiger partial charge in [-0.05, 0) is 46.7 Å². The Labute approximate surface area is 166 Å². The van der Waals surface area contributed by atoms with E-state index in [9.17, 15) is 0 Å². The second kappa shape index (κ2) is 9.57. The average molecular weight is 451 g/mol. The first kappa shape index (κ1) is 22.0. The second-order valence-corrected chi connectivity index (χ2v) is 8.03. The monoisotopic (exact) mass is 451 g/mol. The van der Waals surface area contributed by atoms with Crippen molar-refractivity contribution in [2.75, 3.05) is 40.8 Å². The van der Waals surface area contributed by atoms with Crippen LogP contribution in [0.1, 0.15) is 46.5 Å². The van der Waals surface area contributed by atoms with Crippen molar-refractivity contribution < 1.29 is 0 Å². The summed E-state index contributed by atoms with van der Waals surface area (Å²) in [6.07, 6.45) is 5.25. The van der Waals surface area contributed by atoms with Gasteiger partial charge in [-0.3, -0.25) is 9.89 Å². The molecule has 5 nitrogen and oxygen atoms in total. The highest BCUT2D eigenvalue weighted by Crippen LogP contribution is 2.33. The summed E-state index contributed by atoms with van der Waals surface area (Å²) in [6.45, 7) is 10.2. The van der Waals surface area contributed by atoms with Crippen molar-refractivity contribution in [1.82, 2.24) is 20.4 Å². The molecule has 2 unspecified atom stereocenters. The highest BCUT2D eigenvalue weighted by atomic mass is 127. The van der Waals surface area contributed by atoms with Crippen molar-refractivity contribution in [1.29, 1.82) is 0 Å². The number of hydrogen-bond donors (Lipinski definition) is 2. The van der Waals surface area contributed by atoms with Crippen molar-refractivity contribution in [3.63, 3.8) is 0 Å². The minimum atomic E-state index is 0. The molecule has 2 rings (SSSR count). The van der Waals surface area contributed by atoms with Crippen molar-refractivity contribution in [2.45, 2.75) is 64.1 Å². The van der Waals surface area contributed by atoms with Gasteiger partial charge in [0.15, 0.2) is 5.96 Å². The van der Waals surface area contributed by atoms with E-state index in [2.05, 4.69) is 60.3 Å². The molecule has 0 aromatic rings. The van der Waals surface area contributed by atoms with Gasteiger partial charge in [0.05, 0.1) is 0 Å². The summed E-state index contributed by atoms with van der Waals surface area (Å²) < 4.78 is 0. The van der Waals surface area contributed by atoms with Gasteiger partial charge in [-0.15, -0.1) is 24.0 Å². The van der Waals surface area contributed by atoms with Gasteiger partial charge in [-0.25, -0.2) is 0 Å². The molecule has 2 atom stereocenters. The lowest BCUT2D eigenvalue weighted by Gasteiger charge is -2.37. The predicted octanol–water partition coefficient (Wildman–Crippen LogP) is 2.37. The van der Waals surface area contributed by atoms with Crippen LogP contribution in [0.2, 0.25) is 0 Å². The molecule has 0 aromatic carbocycles. The summed E-state index contributed by atoms with van der Waals surface area (Å²) in [5, 5.41) is 7.26. The summed E-state index contributed by atoms with van der Waals surface area (Å²) in [6, 6.07) is 1.11. The molecule has 0 radical (unpaired) electrons. The molecule has 1 aliphatic carbocycles. The molecule has 24 heavy (non-hydrogen) atoms. The summed E-state index contributed by atoms with van der Waals surface area (Å²) in [5.41, 5.74) is 0.295. The van der Waals surface area contributed by atoms with Crippen LogP contribution in [0.5, 0.6) is 0 Å². The molecule has 0 spiro atoms. The Morgan fingerprint density at radius 3 is 2.33 bits per heavy atom. The molecule has 1 heterocycles. The van der Waals surface area contributed by atoms with E-state index < -0.39 is 0 Å². The summed E-state index contributed by atoms with van der Waals surface area (Å²) in [5.74, 6) is 1.62. The number of halogens is 1. The van der Waals surface area contributed by atoms with Gasteiger partial charge >= 0.3 is 0 Å². The van der Waals surface area contributed by atoms with E-state index in [4.69, 9.17) is 0 Å². The third-order valence-corrected chi connectivity index (χ3v) is 5.98. The minimum Gasteiger partial charge on any atom is -0.355 e. The molecule has 1 aliphatic heterocycles. The van der Waals surface area contributed by atoms with Crippen LogP contribution in [0, 0.1) is 5.92 Å². The topological polar surface area (TPSA) is 42.9 Å². The smallest absolute Gasteiger partial charge is 0.191 e. The third-order valence-electron chi connectivity index (χ3n) is 5.98. The van der Waals surface area contributed by atoms with Crippen LogP contribution >= 0.6 is 24.0 Å². The van der Waals surface area contributed by atoms with Gasteiger partial charge in [-0.2, -0.15) is 0 Å². The lowest BCUT2D eigenvalue weighted by atomic mass is 9.96. The number of likely N-dealkylation sites (tertiary alicyclic amines) is 1. The van der Waals surface area contributed by atoms with Gasteiger partial charge in [0.25, 0.3) is 0 Å². The fraction of sp³-hybridized carbons (Fsp3) is 0.944. The summed E-state index contributed by atoms with van der Waals surface area (Å²) in [4.78, 5) is 9.42. The van der Waals surface area contributed by atoms with Crippen LogP contribution in [0.3, 0.4) is 0 Å². The fourth-order valence-electron chi connectivity index (χ4n) is 4.05. The lowest BCUT2D eigenvalue weighted by molar-refractivity contribution is 0.160. The largest absolute Gasteiger partial charge is 0.355 e. The standard InChI is InChI=1S/C18H37N5.HI/c1-14(2)23-11-15(3)16(12-23)21-17(19-4)20-13-18(22(5)6)9-7-8-10-18;/h14-16H,7-13H2,1-6H3,(H2,19,20,21);1H. The van der Waals surface area contributed by atoms with Crippen LogP contribution in [-0.2, 0) is 0 Å². The molecule has 0 aromatic heterocycles. The molecule has 1 saturated carbocycles. The van der Waals surface area contributed by atoms with Crippen molar-refractivity contribution >= 4 is 29.9 Å². The van der Waals surface area contributed by atoms with Crippen molar-refractivity contribution in [3.8, 4) is 0 Å².